The first kappa shape index (κ1) is 13.6. The van der Waals surface area contributed by atoms with Crippen LogP contribution in [0, 0.1) is 0 Å². The van der Waals surface area contributed by atoms with E-state index in [1.54, 1.807) is 0 Å². The van der Waals surface area contributed by atoms with Crippen molar-refractivity contribution in [3.05, 3.63) is 24.0 Å². The van der Waals surface area contributed by atoms with Gasteiger partial charge in [0.15, 0.2) is 0 Å². The topological polar surface area (TPSA) is 71.3 Å². The molecule has 1 fully saturated rings. The first-order chi connectivity index (χ1) is 9.18. The Kier molecular flexibility index (Phi) is 4.60. The van der Waals surface area contributed by atoms with Gasteiger partial charge in [0.2, 0.25) is 0 Å². The molecule has 0 unspecified atom stereocenters. The lowest BCUT2D eigenvalue weighted by atomic mass is 9.93. The van der Waals surface area contributed by atoms with Gasteiger partial charge >= 0.3 is 5.97 Å². The van der Waals surface area contributed by atoms with Gasteiger partial charge in [0.1, 0.15) is 5.69 Å². The number of carboxylic acids is 1. The van der Waals surface area contributed by atoms with Crippen LogP contribution in [-0.4, -0.2) is 28.1 Å². The standard InChI is InChI=1S/C14H20N2O3/c17-13(18)8-1-2-9-15-14(19)12-7-4-10-16(12)11-5-3-6-11/h4,7,10-11H,1-3,5-6,8-9H2,(H,15,19)(H,17,18). The van der Waals surface area contributed by atoms with E-state index in [0.717, 1.165) is 12.8 Å². The quantitative estimate of drug-likeness (QED) is 0.742. The summed E-state index contributed by atoms with van der Waals surface area (Å²) in [6, 6.07) is 4.21. The van der Waals surface area contributed by atoms with E-state index in [1.165, 1.54) is 6.42 Å². The van der Waals surface area contributed by atoms with Gasteiger partial charge in [-0.3, -0.25) is 9.59 Å². The number of aliphatic carboxylic acids is 1. The van der Waals surface area contributed by atoms with Crippen molar-refractivity contribution in [1.82, 2.24) is 9.88 Å². The van der Waals surface area contributed by atoms with Gasteiger partial charge in [0.05, 0.1) is 0 Å². The second kappa shape index (κ2) is 6.41. The van der Waals surface area contributed by atoms with Crippen molar-refractivity contribution < 1.29 is 14.7 Å². The van der Waals surface area contributed by atoms with Gasteiger partial charge in [-0.25, -0.2) is 0 Å². The molecule has 1 aliphatic rings. The molecule has 2 rings (SSSR count). The van der Waals surface area contributed by atoms with Crippen LogP contribution in [0.1, 0.15) is 55.1 Å². The Bertz CT molecular complexity index is 449. The van der Waals surface area contributed by atoms with Gasteiger partial charge < -0.3 is 15.0 Å². The molecule has 1 saturated carbocycles. The molecule has 0 atom stereocenters. The van der Waals surface area contributed by atoms with E-state index >= 15 is 0 Å². The molecule has 5 nitrogen and oxygen atoms in total. The number of aromatic nitrogens is 1. The highest BCUT2D eigenvalue weighted by Crippen LogP contribution is 2.32. The number of carbonyl (C=O) groups excluding carboxylic acids is 1. The molecular formula is C14H20N2O3. The van der Waals surface area contributed by atoms with E-state index in [4.69, 9.17) is 5.11 Å². The van der Waals surface area contributed by atoms with E-state index in [0.29, 0.717) is 31.1 Å². The number of hydrogen-bond donors (Lipinski definition) is 2. The monoisotopic (exact) mass is 264 g/mol. The van der Waals surface area contributed by atoms with Crippen LogP contribution in [0.15, 0.2) is 18.3 Å². The Labute approximate surface area is 112 Å². The number of unbranched alkanes of at least 4 members (excludes halogenated alkanes) is 1. The molecule has 0 radical (unpaired) electrons. The van der Waals surface area contributed by atoms with Crippen LogP contribution in [0.4, 0.5) is 0 Å². The average molecular weight is 264 g/mol. The molecular weight excluding hydrogens is 244 g/mol. The molecule has 5 heteroatoms. The molecule has 2 N–H and O–H groups in total. The Balaban J connectivity index is 1.76. The Morgan fingerprint density at radius 3 is 2.79 bits per heavy atom. The van der Waals surface area contributed by atoms with Crippen molar-refractivity contribution >= 4 is 11.9 Å². The summed E-state index contributed by atoms with van der Waals surface area (Å²) >= 11 is 0. The van der Waals surface area contributed by atoms with Crippen molar-refractivity contribution in [3.8, 4) is 0 Å². The molecule has 1 aliphatic carbocycles. The van der Waals surface area contributed by atoms with Gasteiger partial charge in [-0.2, -0.15) is 0 Å². The molecule has 0 bridgehead atoms. The second-order valence-electron chi connectivity index (χ2n) is 4.99. The Morgan fingerprint density at radius 1 is 1.37 bits per heavy atom. The SMILES string of the molecule is O=C(O)CCCCNC(=O)c1cccn1C1CCC1. The minimum Gasteiger partial charge on any atom is -0.481 e. The van der Waals surface area contributed by atoms with Gasteiger partial charge in [0, 0.05) is 25.2 Å². The van der Waals surface area contributed by atoms with Crippen molar-refractivity contribution in [2.24, 2.45) is 0 Å². The van der Waals surface area contributed by atoms with E-state index < -0.39 is 5.97 Å². The summed E-state index contributed by atoms with van der Waals surface area (Å²) < 4.78 is 2.05. The number of rotatable bonds is 7. The lowest BCUT2D eigenvalue weighted by Gasteiger charge is -2.28. The Hall–Kier alpha value is -1.78. The molecule has 1 aromatic heterocycles. The molecule has 0 spiro atoms. The van der Waals surface area contributed by atoms with Crippen molar-refractivity contribution in [1.29, 1.82) is 0 Å². The number of nitrogens with zero attached hydrogens (tertiary/aromatic N) is 1. The number of nitrogens with one attached hydrogen (secondary N) is 1. The third-order valence-corrected chi connectivity index (χ3v) is 3.58. The third-order valence-electron chi connectivity index (χ3n) is 3.58. The fourth-order valence-corrected chi connectivity index (χ4v) is 2.26. The molecule has 1 aromatic rings. The molecule has 1 amide bonds. The summed E-state index contributed by atoms with van der Waals surface area (Å²) in [5, 5.41) is 11.4. The van der Waals surface area contributed by atoms with Crippen LogP contribution >= 0.6 is 0 Å². The highest BCUT2D eigenvalue weighted by molar-refractivity contribution is 5.92. The van der Waals surface area contributed by atoms with Gasteiger partial charge in [0.25, 0.3) is 5.91 Å². The third kappa shape index (κ3) is 3.59. The van der Waals surface area contributed by atoms with Crippen molar-refractivity contribution in [2.75, 3.05) is 6.54 Å². The van der Waals surface area contributed by atoms with E-state index in [1.807, 2.05) is 18.3 Å². The van der Waals surface area contributed by atoms with E-state index in [9.17, 15) is 9.59 Å². The maximum absolute atomic E-state index is 12.0. The minimum absolute atomic E-state index is 0.0628. The van der Waals surface area contributed by atoms with Gasteiger partial charge in [-0.1, -0.05) is 0 Å². The highest BCUT2D eigenvalue weighted by Gasteiger charge is 2.22. The lowest BCUT2D eigenvalue weighted by molar-refractivity contribution is -0.137. The predicted molar refractivity (Wildman–Crippen MR) is 71.1 cm³/mol. The normalized spacial score (nSPS) is 14.9. The first-order valence-electron chi connectivity index (χ1n) is 6.85. The smallest absolute Gasteiger partial charge is 0.303 e. The maximum Gasteiger partial charge on any atom is 0.303 e. The minimum atomic E-state index is -0.787. The van der Waals surface area contributed by atoms with Crippen LogP contribution < -0.4 is 5.32 Å². The molecule has 0 saturated heterocycles. The Morgan fingerprint density at radius 2 is 2.16 bits per heavy atom. The van der Waals surface area contributed by atoms with Gasteiger partial charge in [-0.15, -0.1) is 0 Å². The van der Waals surface area contributed by atoms with E-state index in [-0.39, 0.29) is 12.3 Å². The zero-order valence-corrected chi connectivity index (χ0v) is 11.0. The predicted octanol–water partition coefficient (Wildman–Crippen LogP) is 2.20. The summed E-state index contributed by atoms with van der Waals surface area (Å²) in [5.41, 5.74) is 0.711. The zero-order chi connectivity index (χ0) is 13.7. The number of amides is 1. The first-order valence-corrected chi connectivity index (χ1v) is 6.85. The summed E-state index contributed by atoms with van der Waals surface area (Å²) in [4.78, 5) is 22.4. The zero-order valence-electron chi connectivity index (χ0n) is 11.0. The molecule has 0 aromatic carbocycles. The number of hydrogen-bond acceptors (Lipinski definition) is 2. The maximum atomic E-state index is 12.0. The fourth-order valence-electron chi connectivity index (χ4n) is 2.26. The van der Waals surface area contributed by atoms with Crippen molar-refractivity contribution in [2.45, 2.75) is 44.6 Å². The van der Waals surface area contributed by atoms with Crippen LogP contribution in [0.5, 0.6) is 0 Å². The van der Waals surface area contributed by atoms with Crippen LogP contribution in [0.3, 0.4) is 0 Å². The summed E-state index contributed by atoms with van der Waals surface area (Å²) in [5.74, 6) is -0.850. The second-order valence-corrected chi connectivity index (χ2v) is 4.99. The lowest BCUT2D eigenvalue weighted by Crippen LogP contribution is -2.29. The number of carboxylic acid groups (broad SMARTS) is 1. The fraction of sp³-hybridized carbons (Fsp3) is 0.571. The molecule has 19 heavy (non-hydrogen) atoms. The highest BCUT2D eigenvalue weighted by atomic mass is 16.4. The molecule has 1 heterocycles. The average Bonchev–Trinajstić information content (AvgIpc) is 2.74. The molecule has 104 valence electrons. The van der Waals surface area contributed by atoms with Crippen LogP contribution in [-0.2, 0) is 4.79 Å². The summed E-state index contributed by atoms with van der Waals surface area (Å²) in [6.07, 6.45) is 6.94. The van der Waals surface area contributed by atoms with Crippen molar-refractivity contribution in [3.63, 3.8) is 0 Å². The summed E-state index contributed by atoms with van der Waals surface area (Å²) in [7, 11) is 0. The van der Waals surface area contributed by atoms with E-state index in [2.05, 4.69) is 9.88 Å². The summed E-state index contributed by atoms with van der Waals surface area (Å²) in [6.45, 7) is 0.530. The molecule has 0 aliphatic heterocycles. The van der Waals surface area contributed by atoms with Gasteiger partial charge in [-0.05, 0) is 44.2 Å². The largest absolute Gasteiger partial charge is 0.481 e. The van der Waals surface area contributed by atoms with Crippen LogP contribution in [0.25, 0.3) is 0 Å². The number of carbonyl (C=O) groups is 2. The van der Waals surface area contributed by atoms with Crippen LogP contribution in [0.2, 0.25) is 0 Å².